The normalized spacial score (nSPS) is 11.4. The van der Waals surface area contributed by atoms with E-state index >= 15 is 0 Å². The minimum absolute atomic E-state index is 0.0220. The predicted molar refractivity (Wildman–Crippen MR) is 72.7 cm³/mol. The lowest BCUT2D eigenvalue weighted by atomic mass is 10.1. The molecule has 0 aliphatic heterocycles. The number of benzene rings is 1. The minimum Gasteiger partial charge on any atom is -0.438 e. The monoisotopic (exact) mass is 257 g/mol. The standard InChI is InChI=1S/C14H15N3O2/c1-9-4-3-5-10(2)13(9)19-12-8-11(6-7-16-12)14(15)17-18/h3-8,18H,1-2H3,(H2,15,17). The first-order chi connectivity index (χ1) is 9.11. The number of oxime groups is 1. The fraction of sp³-hybridized carbons (Fsp3) is 0.143. The van der Waals surface area contributed by atoms with E-state index in [0.717, 1.165) is 16.9 Å². The van der Waals surface area contributed by atoms with Crippen molar-refractivity contribution in [3.8, 4) is 11.6 Å². The topological polar surface area (TPSA) is 80.7 Å². The zero-order chi connectivity index (χ0) is 13.8. The van der Waals surface area contributed by atoms with Crippen LogP contribution in [-0.2, 0) is 0 Å². The Morgan fingerprint density at radius 2 is 1.95 bits per heavy atom. The molecule has 2 rings (SSSR count). The van der Waals surface area contributed by atoms with Crippen LogP contribution in [0.4, 0.5) is 0 Å². The second kappa shape index (κ2) is 5.39. The smallest absolute Gasteiger partial charge is 0.219 e. The molecule has 0 atom stereocenters. The molecule has 3 N–H and O–H groups in total. The van der Waals surface area contributed by atoms with Crippen molar-refractivity contribution in [1.82, 2.24) is 4.98 Å². The summed E-state index contributed by atoms with van der Waals surface area (Å²) in [5.74, 6) is 1.20. The number of rotatable bonds is 3. The maximum Gasteiger partial charge on any atom is 0.219 e. The van der Waals surface area contributed by atoms with Gasteiger partial charge in [0.05, 0.1) is 0 Å². The van der Waals surface area contributed by atoms with E-state index in [4.69, 9.17) is 15.7 Å². The summed E-state index contributed by atoms with van der Waals surface area (Å²) in [6, 6.07) is 9.18. The molecule has 0 bridgehead atoms. The lowest BCUT2D eigenvalue weighted by Gasteiger charge is -2.11. The first kappa shape index (κ1) is 12.9. The molecule has 0 spiro atoms. The number of para-hydroxylation sites is 1. The number of aromatic nitrogens is 1. The maximum absolute atomic E-state index is 8.66. The quantitative estimate of drug-likeness (QED) is 0.383. The third-order valence-electron chi connectivity index (χ3n) is 2.75. The third kappa shape index (κ3) is 2.82. The second-order valence-corrected chi connectivity index (χ2v) is 4.19. The molecule has 0 radical (unpaired) electrons. The molecule has 0 saturated heterocycles. The molecule has 0 amide bonds. The Balaban J connectivity index is 2.34. The van der Waals surface area contributed by atoms with Crippen molar-refractivity contribution in [2.24, 2.45) is 10.9 Å². The first-order valence-electron chi connectivity index (χ1n) is 5.80. The minimum atomic E-state index is 0.0220. The molecule has 1 aromatic carbocycles. The van der Waals surface area contributed by atoms with Gasteiger partial charge in [0.1, 0.15) is 5.75 Å². The van der Waals surface area contributed by atoms with Gasteiger partial charge in [0.2, 0.25) is 5.88 Å². The number of hydrogen-bond donors (Lipinski definition) is 2. The number of amidine groups is 1. The lowest BCUT2D eigenvalue weighted by Crippen LogP contribution is -2.13. The van der Waals surface area contributed by atoms with Crippen LogP contribution in [0.5, 0.6) is 11.6 Å². The molecule has 0 aliphatic rings. The van der Waals surface area contributed by atoms with Gasteiger partial charge in [-0.2, -0.15) is 0 Å². The molecule has 5 nitrogen and oxygen atoms in total. The van der Waals surface area contributed by atoms with Crippen LogP contribution in [0.1, 0.15) is 16.7 Å². The third-order valence-corrected chi connectivity index (χ3v) is 2.75. The van der Waals surface area contributed by atoms with Crippen LogP contribution in [0.15, 0.2) is 41.7 Å². The van der Waals surface area contributed by atoms with Crippen molar-refractivity contribution < 1.29 is 9.94 Å². The molecule has 98 valence electrons. The van der Waals surface area contributed by atoms with Crippen LogP contribution < -0.4 is 10.5 Å². The zero-order valence-electron chi connectivity index (χ0n) is 10.8. The molecule has 2 aromatic rings. The number of aryl methyl sites for hydroxylation is 2. The summed E-state index contributed by atoms with van der Waals surface area (Å²) in [7, 11) is 0. The van der Waals surface area contributed by atoms with Gasteiger partial charge in [0.15, 0.2) is 5.84 Å². The highest BCUT2D eigenvalue weighted by atomic mass is 16.5. The Bertz CT molecular complexity index is 604. The Hall–Kier alpha value is -2.56. The van der Waals surface area contributed by atoms with Gasteiger partial charge in [0, 0.05) is 17.8 Å². The van der Waals surface area contributed by atoms with E-state index in [1.807, 2.05) is 32.0 Å². The molecule has 5 heteroatoms. The zero-order valence-corrected chi connectivity index (χ0v) is 10.8. The summed E-state index contributed by atoms with van der Waals surface area (Å²) in [5, 5.41) is 11.6. The van der Waals surface area contributed by atoms with Crippen LogP contribution in [-0.4, -0.2) is 16.0 Å². The van der Waals surface area contributed by atoms with Crippen molar-refractivity contribution in [3.05, 3.63) is 53.2 Å². The average Bonchev–Trinajstić information content (AvgIpc) is 2.42. The van der Waals surface area contributed by atoms with Gasteiger partial charge in [-0.05, 0) is 31.0 Å². The van der Waals surface area contributed by atoms with E-state index < -0.39 is 0 Å². The second-order valence-electron chi connectivity index (χ2n) is 4.19. The molecule has 19 heavy (non-hydrogen) atoms. The van der Waals surface area contributed by atoms with Gasteiger partial charge in [-0.15, -0.1) is 0 Å². The van der Waals surface area contributed by atoms with E-state index in [1.54, 1.807) is 18.3 Å². The molecule has 0 unspecified atom stereocenters. The number of nitrogens with zero attached hydrogens (tertiary/aromatic N) is 2. The van der Waals surface area contributed by atoms with Gasteiger partial charge in [-0.25, -0.2) is 4.98 Å². The van der Waals surface area contributed by atoms with Crippen molar-refractivity contribution >= 4 is 5.84 Å². The number of nitrogens with two attached hydrogens (primary N) is 1. The van der Waals surface area contributed by atoms with Crippen LogP contribution in [0.25, 0.3) is 0 Å². The van der Waals surface area contributed by atoms with E-state index in [0.29, 0.717) is 11.4 Å². The van der Waals surface area contributed by atoms with E-state index in [9.17, 15) is 0 Å². The van der Waals surface area contributed by atoms with Crippen molar-refractivity contribution in [2.45, 2.75) is 13.8 Å². The molecule has 0 saturated carbocycles. The average molecular weight is 257 g/mol. The molecule has 0 fully saturated rings. The Morgan fingerprint density at radius 1 is 1.26 bits per heavy atom. The highest BCUT2D eigenvalue weighted by Crippen LogP contribution is 2.27. The van der Waals surface area contributed by atoms with Gasteiger partial charge in [-0.1, -0.05) is 23.4 Å². The summed E-state index contributed by atoms with van der Waals surface area (Å²) in [5.41, 5.74) is 8.14. The highest BCUT2D eigenvalue weighted by molar-refractivity contribution is 5.97. The summed E-state index contributed by atoms with van der Waals surface area (Å²) < 4.78 is 5.77. The molecule has 1 heterocycles. The van der Waals surface area contributed by atoms with Crippen LogP contribution in [0.3, 0.4) is 0 Å². The number of hydrogen-bond acceptors (Lipinski definition) is 4. The number of ether oxygens (including phenoxy) is 1. The highest BCUT2D eigenvalue weighted by Gasteiger charge is 2.07. The van der Waals surface area contributed by atoms with E-state index in [2.05, 4.69) is 10.1 Å². The predicted octanol–water partition coefficient (Wildman–Crippen LogP) is 2.59. The molecular weight excluding hydrogens is 242 g/mol. The molecule has 1 aromatic heterocycles. The number of pyridine rings is 1. The lowest BCUT2D eigenvalue weighted by molar-refractivity contribution is 0.318. The first-order valence-corrected chi connectivity index (χ1v) is 5.80. The van der Waals surface area contributed by atoms with Crippen LogP contribution in [0.2, 0.25) is 0 Å². The van der Waals surface area contributed by atoms with Crippen molar-refractivity contribution in [3.63, 3.8) is 0 Å². The van der Waals surface area contributed by atoms with E-state index in [-0.39, 0.29) is 5.84 Å². The van der Waals surface area contributed by atoms with E-state index in [1.165, 1.54) is 0 Å². The Kier molecular flexibility index (Phi) is 3.66. The summed E-state index contributed by atoms with van der Waals surface area (Å²) in [6.45, 7) is 3.94. The van der Waals surface area contributed by atoms with Crippen molar-refractivity contribution in [1.29, 1.82) is 0 Å². The molecule has 0 aliphatic carbocycles. The van der Waals surface area contributed by atoms with Crippen LogP contribution in [0, 0.1) is 13.8 Å². The SMILES string of the molecule is Cc1cccc(C)c1Oc1cc(/C(N)=N/O)ccn1. The largest absolute Gasteiger partial charge is 0.438 e. The maximum atomic E-state index is 8.66. The summed E-state index contributed by atoms with van der Waals surface area (Å²) in [4.78, 5) is 4.12. The van der Waals surface area contributed by atoms with Gasteiger partial charge in [0.25, 0.3) is 0 Å². The fourth-order valence-corrected chi connectivity index (χ4v) is 1.75. The summed E-state index contributed by atoms with van der Waals surface area (Å²) in [6.07, 6.45) is 1.55. The fourth-order valence-electron chi connectivity index (χ4n) is 1.75. The Morgan fingerprint density at radius 3 is 2.58 bits per heavy atom. The summed E-state index contributed by atoms with van der Waals surface area (Å²) >= 11 is 0. The Labute approximate surface area is 111 Å². The van der Waals surface area contributed by atoms with Gasteiger partial charge in [-0.3, -0.25) is 0 Å². The van der Waals surface area contributed by atoms with Crippen LogP contribution >= 0.6 is 0 Å². The van der Waals surface area contributed by atoms with Crippen molar-refractivity contribution in [2.75, 3.05) is 0 Å². The van der Waals surface area contributed by atoms with Gasteiger partial charge >= 0.3 is 0 Å². The van der Waals surface area contributed by atoms with Gasteiger partial charge < -0.3 is 15.7 Å². The molecular formula is C14H15N3O2.